The molecule has 0 bridgehead atoms. The van der Waals surface area contributed by atoms with Crippen LogP contribution in [0.3, 0.4) is 0 Å². The van der Waals surface area contributed by atoms with Crippen LogP contribution in [0.25, 0.3) is 16.8 Å². The number of hydrogen-bond donors (Lipinski definition) is 1. The van der Waals surface area contributed by atoms with Crippen LogP contribution in [0.1, 0.15) is 34.0 Å². The van der Waals surface area contributed by atoms with E-state index in [0.717, 1.165) is 20.9 Å². The molecule has 1 amide bonds. The number of imidazole rings is 1. The van der Waals surface area contributed by atoms with Gasteiger partial charge in [-0.3, -0.25) is 9.20 Å². The van der Waals surface area contributed by atoms with Gasteiger partial charge in [-0.2, -0.15) is 13.2 Å². The van der Waals surface area contributed by atoms with Crippen molar-refractivity contribution in [2.75, 3.05) is 6.54 Å². The molecule has 5 rings (SSSR count). The highest BCUT2D eigenvalue weighted by molar-refractivity contribution is 6.33. The van der Waals surface area contributed by atoms with Gasteiger partial charge >= 0.3 is 12.1 Å². The molecule has 1 fully saturated rings. The number of rotatable bonds is 4. The minimum Gasteiger partial charge on any atom is -0.480 e. The van der Waals surface area contributed by atoms with Crippen molar-refractivity contribution >= 4 is 29.1 Å². The Hall–Kier alpha value is -3.79. The first-order valence-electron chi connectivity index (χ1n) is 10.6. The molecule has 1 aromatic carbocycles. The number of nitrogens with zero attached hydrogens (tertiary/aromatic N) is 3. The minimum absolute atomic E-state index is 0.0892. The van der Waals surface area contributed by atoms with Gasteiger partial charge in [-0.15, -0.1) is 0 Å². The summed E-state index contributed by atoms with van der Waals surface area (Å²) in [5, 5.41) is 9.56. The van der Waals surface area contributed by atoms with Crippen molar-refractivity contribution in [3.05, 3.63) is 83.2 Å². The van der Waals surface area contributed by atoms with Crippen molar-refractivity contribution in [1.29, 1.82) is 0 Å². The first-order valence-corrected chi connectivity index (χ1v) is 10.9. The van der Waals surface area contributed by atoms with Gasteiger partial charge in [0.2, 0.25) is 0 Å². The molecule has 0 spiro atoms. The highest BCUT2D eigenvalue weighted by Crippen LogP contribution is 2.39. The maximum absolute atomic E-state index is 13.9. The Balaban J connectivity index is 1.60. The standard InChI is InChI=1S/C24H17ClF3N3O4/c25-20-18(22(32)30-8-6-16(19(30)23(33)34)13-4-2-1-3-5-13)29-21-17(24(26,27)28)10-15(11-31(20)21)14-7-9-35-12-14/h1-5,7,9-12,16,19H,6,8H2,(H,33,34). The lowest BCUT2D eigenvalue weighted by Crippen LogP contribution is -2.43. The Kier molecular flexibility index (Phi) is 5.55. The summed E-state index contributed by atoms with van der Waals surface area (Å²) in [6.07, 6.45) is -0.488. The van der Waals surface area contributed by atoms with E-state index in [0.29, 0.717) is 12.0 Å². The summed E-state index contributed by atoms with van der Waals surface area (Å²) in [5.74, 6) is -2.54. The van der Waals surface area contributed by atoms with Crippen LogP contribution in [0.4, 0.5) is 13.2 Å². The fourth-order valence-electron chi connectivity index (χ4n) is 4.56. The number of halogens is 4. The molecule has 2 unspecified atom stereocenters. The highest BCUT2D eigenvalue weighted by atomic mass is 35.5. The third-order valence-electron chi connectivity index (χ3n) is 6.16. The summed E-state index contributed by atoms with van der Waals surface area (Å²) < 4.78 is 47.6. The van der Waals surface area contributed by atoms with E-state index in [9.17, 15) is 27.9 Å². The smallest absolute Gasteiger partial charge is 0.420 e. The Morgan fingerprint density at radius 3 is 2.51 bits per heavy atom. The second kappa shape index (κ2) is 8.46. The van der Waals surface area contributed by atoms with E-state index in [1.54, 1.807) is 30.3 Å². The maximum Gasteiger partial charge on any atom is 0.420 e. The number of alkyl halides is 3. The molecule has 2 atom stereocenters. The number of carbonyl (C=O) groups is 2. The van der Waals surface area contributed by atoms with Crippen LogP contribution in [-0.2, 0) is 11.0 Å². The summed E-state index contributed by atoms with van der Waals surface area (Å²) in [6.45, 7) is 0.0892. The first kappa shape index (κ1) is 23.0. The number of hydrogen-bond acceptors (Lipinski definition) is 4. The number of pyridine rings is 1. The van der Waals surface area contributed by atoms with Gasteiger partial charge in [0.25, 0.3) is 5.91 Å². The van der Waals surface area contributed by atoms with E-state index in [2.05, 4.69) is 4.98 Å². The van der Waals surface area contributed by atoms with Crippen LogP contribution >= 0.6 is 11.6 Å². The van der Waals surface area contributed by atoms with Crippen LogP contribution in [0, 0.1) is 0 Å². The molecular weight excluding hydrogens is 487 g/mol. The zero-order valence-electron chi connectivity index (χ0n) is 17.9. The number of fused-ring (bicyclic) bond motifs is 1. The van der Waals surface area contributed by atoms with Crippen molar-refractivity contribution < 1.29 is 32.3 Å². The predicted octanol–water partition coefficient (Wildman–Crippen LogP) is 5.35. The zero-order valence-corrected chi connectivity index (χ0v) is 18.6. The SMILES string of the molecule is O=C(O)C1C(c2ccccc2)CCN1C(=O)c1nc2c(C(F)(F)F)cc(-c3ccoc3)cn2c1Cl. The fraction of sp³-hybridized carbons (Fsp3) is 0.208. The molecule has 1 aliphatic heterocycles. The summed E-state index contributed by atoms with van der Waals surface area (Å²) in [5.41, 5.74) is -0.794. The quantitative estimate of drug-likeness (QED) is 0.405. The van der Waals surface area contributed by atoms with Crippen molar-refractivity contribution in [3.63, 3.8) is 0 Å². The maximum atomic E-state index is 13.9. The molecule has 11 heteroatoms. The summed E-state index contributed by atoms with van der Waals surface area (Å²) in [6, 6.07) is 10.1. The second-order valence-electron chi connectivity index (χ2n) is 8.18. The van der Waals surface area contributed by atoms with E-state index in [4.69, 9.17) is 16.0 Å². The third kappa shape index (κ3) is 3.93. The molecule has 0 aliphatic carbocycles. The van der Waals surface area contributed by atoms with Gasteiger partial charge in [-0.25, -0.2) is 9.78 Å². The number of carboxylic acid groups (broad SMARTS) is 1. The van der Waals surface area contributed by atoms with Gasteiger partial charge in [0.15, 0.2) is 11.3 Å². The number of aromatic nitrogens is 2. The normalized spacial score (nSPS) is 18.3. The Labute approximate surface area is 201 Å². The number of carboxylic acids is 1. The number of likely N-dealkylation sites (tertiary alicyclic amines) is 1. The first-order chi connectivity index (χ1) is 16.7. The minimum atomic E-state index is -4.79. The van der Waals surface area contributed by atoms with Crippen LogP contribution in [-0.4, -0.2) is 43.9 Å². The second-order valence-corrected chi connectivity index (χ2v) is 8.54. The van der Waals surface area contributed by atoms with Gasteiger partial charge in [0, 0.05) is 29.8 Å². The number of benzene rings is 1. The van der Waals surface area contributed by atoms with Gasteiger partial charge in [0.1, 0.15) is 11.2 Å². The van der Waals surface area contributed by atoms with Crippen LogP contribution in [0.5, 0.6) is 0 Å². The highest BCUT2D eigenvalue weighted by Gasteiger charge is 2.44. The monoisotopic (exact) mass is 503 g/mol. The Morgan fingerprint density at radius 2 is 1.89 bits per heavy atom. The molecular formula is C24H17ClF3N3O4. The molecule has 35 heavy (non-hydrogen) atoms. The zero-order chi connectivity index (χ0) is 24.9. The van der Waals surface area contributed by atoms with E-state index in [1.165, 1.54) is 24.8 Å². The van der Waals surface area contributed by atoms with Crippen LogP contribution in [0.15, 0.2) is 65.6 Å². The average Bonchev–Trinajstić information content (AvgIpc) is 3.57. The molecule has 0 saturated carbocycles. The van der Waals surface area contributed by atoms with Crippen molar-refractivity contribution in [3.8, 4) is 11.1 Å². The van der Waals surface area contributed by atoms with Gasteiger partial charge in [-0.1, -0.05) is 41.9 Å². The largest absolute Gasteiger partial charge is 0.480 e. The fourth-order valence-corrected chi connectivity index (χ4v) is 4.81. The molecule has 3 aromatic heterocycles. The molecule has 4 heterocycles. The van der Waals surface area contributed by atoms with Gasteiger partial charge in [-0.05, 0) is 24.1 Å². The van der Waals surface area contributed by atoms with Crippen molar-refractivity contribution in [2.24, 2.45) is 0 Å². The number of carbonyl (C=O) groups excluding carboxylic acids is 1. The topological polar surface area (TPSA) is 88.0 Å². The van der Waals surface area contributed by atoms with E-state index < -0.39 is 46.9 Å². The molecule has 4 aromatic rings. The van der Waals surface area contributed by atoms with E-state index in [1.807, 2.05) is 0 Å². The van der Waals surface area contributed by atoms with Gasteiger partial charge < -0.3 is 14.4 Å². The van der Waals surface area contributed by atoms with Crippen molar-refractivity contribution in [2.45, 2.75) is 24.6 Å². The number of amides is 1. The predicted molar refractivity (Wildman–Crippen MR) is 119 cm³/mol. The van der Waals surface area contributed by atoms with Crippen molar-refractivity contribution in [1.82, 2.24) is 14.3 Å². The number of furan rings is 1. The lowest BCUT2D eigenvalue weighted by molar-refractivity contribution is -0.142. The summed E-state index contributed by atoms with van der Waals surface area (Å²) >= 11 is 6.38. The molecule has 0 radical (unpaired) electrons. The van der Waals surface area contributed by atoms with E-state index >= 15 is 0 Å². The third-order valence-corrected chi connectivity index (χ3v) is 6.52. The van der Waals surface area contributed by atoms with Crippen LogP contribution < -0.4 is 0 Å². The molecule has 1 aliphatic rings. The van der Waals surface area contributed by atoms with E-state index in [-0.39, 0.29) is 17.3 Å². The molecule has 7 nitrogen and oxygen atoms in total. The average molecular weight is 504 g/mol. The Bertz CT molecular complexity index is 1420. The molecule has 1 N–H and O–H groups in total. The lowest BCUT2D eigenvalue weighted by Gasteiger charge is -2.24. The summed E-state index contributed by atoms with van der Waals surface area (Å²) in [7, 11) is 0. The Morgan fingerprint density at radius 1 is 1.14 bits per heavy atom. The summed E-state index contributed by atoms with van der Waals surface area (Å²) in [4.78, 5) is 30.6. The van der Waals surface area contributed by atoms with Crippen LogP contribution in [0.2, 0.25) is 5.15 Å². The molecule has 180 valence electrons. The number of aliphatic carboxylic acids is 1. The molecule has 1 saturated heterocycles. The van der Waals surface area contributed by atoms with Gasteiger partial charge in [0.05, 0.1) is 18.1 Å². The lowest BCUT2D eigenvalue weighted by atomic mass is 9.92.